The van der Waals surface area contributed by atoms with Crippen LogP contribution in [-0.2, 0) is 12.8 Å². The lowest BCUT2D eigenvalue weighted by molar-refractivity contribution is 0.181. The number of aryl methyl sites for hydroxylation is 1. The summed E-state index contributed by atoms with van der Waals surface area (Å²) in [7, 11) is 0. The van der Waals surface area contributed by atoms with Crippen LogP contribution in [-0.4, -0.2) is 14.7 Å². The third-order valence-electron chi connectivity index (χ3n) is 2.57. The number of benzene rings is 1. The Morgan fingerprint density at radius 1 is 1.28 bits per heavy atom. The van der Waals surface area contributed by atoms with E-state index in [1.165, 1.54) is 12.1 Å². The van der Waals surface area contributed by atoms with Crippen molar-refractivity contribution in [3.05, 3.63) is 46.0 Å². The summed E-state index contributed by atoms with van der Waals surface area (Å²) >= 11 is 1.11. The van der Waals surface area contributed by atoms with Crippen LogP contribution in [0.4, 0.5) is 8.78 Å². The number of hydrogen-bond donors (Lipinski definition) is 1. The van der Waals surface area contributed by atoms with Gasteiger partial charge in [-0.1, -0.05) is 11.4 Å². The predicted octanol–water partition coefficient (Wildman–Crippen LogP) is 2.65. The molecule has 3 nitrogen and oxygen atoms in total. The Morgan fingerprint density at radius 3 is 2.56 bits per heavy atom. The van der Waals surface area contributed by atoms with Crippen molar-refractivity contribution in [3.63, 3.8) is 0 Å². The highest BCUT2D eigenvalue weighted by Gasteiger charge is 2.17. The van der Waals surface area contributed by atoms with Crippen LogP contribution in [0, 0.1) is 11.6 Å². The summed E-state index contributed by atoms with van der Waals surface area (Å²) in [6, 6.07) is 3.24. The van der Waals surface area contributed by atoms with Crippen molar-refractivity contribution < 1.29 is 13.9 Å². The molecule has 96 valence electrons. The molecule has 1 N–H and O–H groups in total. The minimum atomic E-state index is -0.832. The van der Waals surface area contributed by atoms with Crippen molar-refractivity contribution in [3.8, 4) is 0 Å². The Hall–Kier alpha value is -1.40. The molecular weight excluding hydrogens is 258 g/mol. The van der Waals surface area contributed by atoms with Crippen molar-refractivity contribution in [2.75, 3.05) is 0 Å². The normalized spacial score (nSPS) is 12.7. The maximum atomic E-state index is 13.0. The van der Waals surface area contributed by atoms with Crippen LogP contribution in [0.15, 0.2) is 18.2 Å². The van der Waals surface area contributed by atoms with E-state index in [-0.39, 0.29) is 6.42 Å². The van der Waals surface area contributed by atoms with Crippen molar-refractivity contribution in [2.24, 2.45) is 0 Å². The highest BCUT2D eigenvalue weighted by Crippen LogP contribution is 2.24. The fourth-order valence-corrected chi connectivity index (χ4v) is 2.48. The van der Waals surface area contributed by atoms with Gasteiger partial charge in [-0.15, -0.1) is 5.10 Å². The maximum Gasteiger partial charge on any atom is 0.126 e. The second kappa shape index (κ2) is 5.49. The molecule has 0 saturated heterocycles. The molecule has 2 rings (SSSR count). The minimum Gasteiger partial charge on any atom is -0.387 e. The first kappa shape index (κ1) is 13.0. The first-order valence-corrected chi connectivity index (χ1v) is 6.31. The summed E-state index contributed by atoms with van der Waals surface area (Å²) in [6.45, 7) is 1.91. The van der Waals surface area contributed by atoms with Crippen molar-refractivity contribution >= 4 is 11.5 Å². The van der Waals surface area contributed by atoms with Gasteiger partial charge in [0.25, 0.3) is 0 Å². The van der Waals surface area contributed by atoms with Gasteiger partial charge in [0.05, 0.1) is 16.7 Å². The number of aliphatic hydroxyl groups excluding tert-OH is 1. The molecule has 0 radical (unpaired) electrons. The summed E-state index contributed by atoms with van der Waals surface area (Å²) in [4.78, 5) is 0.655. The van der Waals surface area contributed by atoms with E-state index in [1.54, 1.807) is 0 Å². The van der Waals surface area contributed by atoms with E-state index >= 15 is 0 Å². The first-order valence-electron chi connectivity index (χ1n) is 5.54. The molecule has 1 heterocycles. The molecule has 1 aromatic heterocycles. The van der Waals surface area contributed by atoms with Crippen LogP contribution >= 0.6 is 11.5 Å². The zero-order valence-electron chi connectivity index (χ0n) is 9.73. The Bertz CT molecular complexity index is 524. The van der Waals surface area contributed by atoms with E-state index in [4.69, 9.17) is 0 Å². The summed E-state index contributed by atoms with van der Waals surface area (Å²) in [5.41, 5.74) is 1.14. The molecule has 1 unspecified atom stereocenters. The third-order valence-corrected chi connectivity index (χ3v) is 3.44. The molecule has 18 heavy (non-hydrogen) atoms. The van der Waals surface area contributed by atoms with Gasteiger partial charge in [0.2, 0.25) is 0 Å². The lowest BCUT2D eigenvalue weighted by Gasteiger charge is -2.09. The fourth-order valence-electron chi connectivity index (χ4n) is 1.76. The molecule has 0 bridgehead atoms. The Kier molecular flexibility index (Phi) is 3.98. The molecule has 0 aliphatic heterocycles. The van der Waals surface area contributed by atoms with Crippen LogP contribution in [0.25, 0.3) is 0 Å². The highest BCUT2D eigenvalue weighted by atomic mass is 32.1. The van der Waals surface area contributed by atoms with E-state index in [2.05, 4.69) is 9.59 Å². The molecule has 0 saturated carbocycles. The quantitative estimate of drug-likeness (QED) is 0.929. The standard InChI is InChI=1S/C12H12F2N2OS/c1-2-10-12(18-16-15-10)11(17)5-7-3-8(13)6-9(14)4-7/h3-4,6,11,17H,2,5H2,1H3. The van der Waals surface area contributed by atoms with Gasteiger partial charge in [0.15, 0.2) is 0 Å². The zero-order valence-corrected chi connectivity index (χ0v) is 10.5. The van der Waals surface area contributed by atoms with Gasteiger partial charge >= 0.3 is 0 Å². The van der Waals surface area contributed by atoms with Crippen LogP contribution < -0.4 is 0 Å². The molecule has 0 amide bonds. The smallest absolute Gasteiger partial charge is 0.126 e. The second-order valence-corrected chi connectivity index (χ2v) is 4.72. The van der Waals surface area contributed by atoms with Gasteiger partial charge in [0, 0.05) is 12.5 Å². The van der Waals surface area contributed by atoms with Gasteiger partial charge in [-0.05, 0) is 35.6 Å². The number of aromatic nitrogens is 2. The second-order valence-electron chi connectivity index (χ2n) is 3.94. The number of hydrogen-bond acceptors (Lipinski definition) is 4. The summed E-state index contributed by atoms with van der Waals surface area (Å²) in [5, 5.41) is 13.9. The van der Waals surface area contributed by atoms with Gasteiger partial charge in [-0.3, -0.25) is 0 Å². The molecular formula is C12H12F2N2OS. The summed E-state index contributed by atoms with van der Waals surface area (Å²) in [5.74, 6) is -1.29. The highest BCUT2D eigenvalue weighted by molar-refractivity contribution is 7.05. The number of nitrogens with zero attached hydrogens (tertiary/aromatic N) is 2. The van der Waals surface area contributed by atoms with Crippen molar-refractivity contribution in [2.45, 2.75) is 25.9 Å². The molecule has 0 aliphatic rings. The number of halogens is 2. The Labute approximate surface area is 107 Å². The van der Waals surface area contributed by atoms with E-state index in [0.29, 0.717) is 16.9 Å². The molecule has 1 aromatic carbocycles. The molecule has 0 aliphatic carbocycles. The number of rotatable bonds is 4. The third kappa shape index (κ3) is 2.88. The topological polar surface area (TPSA) is 46.0 Å². The summed E-state index contributed by atoms with van der Waals surface area (Å²) in [6.07, 6.45) is -0.0208. The lowest BCUT2D eigenvalue weighted by Crippen LogP contribution is -2.03. The van der Waals surface area contributed by atoms with Crippen LogP contribution in [0.2, 0.25) is 0 Å². The minimum absolute atomic E-state index is 0.144. The molecule has 6 heteroatoms. The SMILES string of the molecule is CCc1nnsc1C(O)Cc1cc(F)cc(F)c1. The van der Waals surface area contributed by atoms with E-state index in [9.17, 15) is 13.9 Å². The van der Waals surface area contributed by atoms with E-state index in [0.717, 1.165) is 23.3 Å². The Morgan fingerprint density at radius 2 is 1.94 bits per heavy atom. The van der Waals surface area contributed by atoms with Crippen LogP contribution in [0.3, 0.4) is 0 Å². The largest absolute Gasteiger partial charge is 0.387 e. The zero-order chi connectivity index (χ0) is 13.1. The predicted molar refractivity (Wildman–Crippen MR) is 64.3 cm³/mol. The van der Waals surface area contributed by atoms with Crippen LogP contribution in [0.5, 0.6) is 0 Å². The Balaban J connectivity index is 2.18. The van der Waals surface area contributed by atoms with Crippen LogP contribution in [0.1, 0.15) is 29.2 Å². The average Bonchev–Trinajstić information content (AvgIpc) is 2.75. The molecule has 1 atom stereocenters. The van der Waals surface area contributed by atoms with Crippen molar-refractivity contribution in [1.29, 1.82) is 0 Å². The van der Waals surface area contributed by atoms with Gasteiger partial charge < -0.3 is 5.11 Å². The maximum absolute atomic E-state index is 13.0. The van der Waals surface area contributed by atoms with Gasteiger partial charge in [-0.25, -0.2) is 8.78 Å². The van der Waals surface area contributed by atoms with Gasteiger partial charge in [0.1, 0.15) is 11.6 Å². The van der Waals surface area contributed by atoms with Crippen molar-refractivity contribution in [1.82, 2.24) is 9.59 Å². The van der Waals surface area contributed by atoms with E-state index < -0.39 is 17.7 Å². The molecule has 2 aromatic rings. The monoisotopic (exact) mass is 270 g/mol. The summed E-state index contributed by atoms with van der Waals surface area (Å²) < 4.78 is 29.8. The molecule has 0 fully saturated rings. The first-order chi connectivity index (χ1) is 8.60. The molecule has 0 spiro atoms. The van der Waals surface area contributed by atoms with E-state index in [1.807, 2.05) is 6.92 Å². The number of aliphatic hydroxyl groups is 1. The van der Waals surface area contributed by atoms with Gasteiger partial charge in [-0.2, -0.15) is 0 Å². The lowest BCUT2D eigenvalue weighted by atomic mass is 10.1. The average molecular weight is 270 g/mol. The fraction of sp³-hybridized carbons (Fsp3) is 0.333.